The maximum Gasteiger partial charge on any atom is 0.380 e. The third-order valence-corrected chi connectivity index (χ3v) is 2.41. The summed E-state index contributed by atoms with van der Waals surface area (Å²) in [5, 5.41) is 9.70. The molecule has 0 heterocycles. The average Bonchev–Trinajstić information content (AvgIpc) is 2.38. The van der Waals surface area contributed by atoms with Crippen LogP contribution in [-0.2, 0) is 4.94 Å². The fraction of sp³-hybridized carbons (Fsp3) is 0. The first kappa shape index (κ1) is 11.1. The number of phenolic OH excluding ortho intramolecular Hbond substituents is 1. The zero-order chi connectivity index (χ0) is 12.3. The molecule has 0 aliphatic rings. The molecule has 0 unspecified atom stereocenters. The molecule has 0 atom stereocenters. The van der Waals surface area contributed by atoms with Gasteiger partial charge >= 0.3 is 5.97 Å². The van der Waals surface area contributed by atoms with E-state index in [4.69, 9.17) is 0 Å². The van der Waals surface area contributed by atoms with E-state index in [-0.39, 0.29) is 11.3 Å². The summed E-state index contributed by atoms with van der Waals surface area (Å²) in [4.78, 5) is 14.5. The third-order valence-electron chi connectivity index (χ3n) is 2.41. The highest BCUT2D eigenvalue weighted by molar-refractivity contribution is 5.97. The number of benzene rings is 2. The van der Waals surface area contributed by atoms with Crippen LogP contribution in [-0.4, -0.2) is 11.1 Å². The zero-order valence-electron chi connectivity index (χ0n) is 8.76. The highest BCUT2D eigenvalue weighted by atomic mass is 19.3. The van der Waals surface area contributed by atoms with Gasteiger partial charge in [0.05, 0.1) is 5.56 Å². The van der Waals surface area contributed by atoms with Gasteiger partial charge in [0, 0.05) is 10.1 Å². The van der Waals surface area contributed by atoms with E-state index in [0.717, 1.165) is 0 Å². The number of carbonyl (C=O) groups is 1. The quantitative estimate of drug-likeness (QED) is 0.865. The standard InChI is InChI=1S/C13H9FO3/c14-17-13(16)11-7-2-1-5-9(11)10-6-3-4-8-12(10)15/h1-8,15H. The molecule has 4 heteroatoms. The number of halogens is 1. The van der Waals surface area contributed by atoms with Crippen LogP contribution in [0.5, 0.6) is 5.75 Å². The Morgan fingerprint density at radius 1 is 1.00 bits per heavy atom. The van der Waals surface area contributed by atoms with Crippen molar-refractivity contribution in [1.82, 2.24) is 0 Å². The second-order valence-corrected chi connectivity index (χ2v) is 3.43. The molecule has 0 aromatic heterocycles. The summed E-state index contributed by atoms with van der Waals surface area (Å²) in [6, 6.07) is 12.8. The molecule has 0 saturated heterocycles. The molecule has 0 radical (unpaired) electrons. The molecule has 0 fully saturated rings. The van der Waals surface area contributed by atoms with Crippen molar-refractivity contribution < 1.29 is 19.4 Å². The Kier molecular flexibility index (Phi) is 3.05. The van der Waals surface area contributed by atoms with Crippen molar-refractivity contribution in [2.45, 2.75) is 0 Å². The molecule has 0 aliphatic carbocycles. The predicted octanol–water partition coefficient (Wildman–Crippen LogP) is 3.10. The molecule has 0 aliphatic heterocycles. The van der Waals surface area contributed by atoms with Crippen molar-refractivity contribution in [1.29, 1.82) is 0 Å². The molecule has 0 amide bonds. The van der Waals surface area contributed by atoms with Gasteiger partial charge in [0.25, 0.3) is 0 Å². The first-order valence-electron chi connectivity index (χ1n) is 4.94. The first-order valence-corrected chi connectivity index (χ1v) is 4.94. The van der Waals surface area contributed by atoms with Crippen LogP contribution in [0.1, 0.15) is 10.4 Å². The highest BCUT2D eigenvalue weighted by Crippen LogP contribution is 2.31. The third kappa shape index (κ3) is 2.10. The molecule has 2 aromatic rings. The Morgan fingerprint density at radius 2 is 1.59 bits per heavy atom. The minimum absolute atomic E-state index is 0.0200. The van der Waals surface area contributed by atoms with Crippen LogP contribution < -0.4 is 0 Å². The van der Waals surface area contributed by atoms with Crippen LogP contribution in [0.3, 0.4) is 0 Å². The highest BCUT2D eigenvalue weighted by Gasteiger charge is 2.15. The van der Waals surface area contributed by atoms with Gasteiger partial charge in [-0.15, -0.1) is 0 Å². The number of para-hydroxylation sites is 1. The SMILES string of the molecule is O=C(OF)c1ccccc1-c1ccccc1O. The number of hydrogen-bond donors (Lipinski definition) is 1. The number of hydrogen-bond acceptors (Lipinski definition) is 3. The molecule has 0 saturated carbocycles. The molecule has 0 spiro atoms. The summed E-state index contributed by atoms with van der Waals surface area (Å²) < 4.78 is 12.0. The topological polar surface area (TPSA) is 46.5 Å². The van der Waals surface area contributed by atoms with Gasteiger partial charge in [-0.25, -0.2) is 9.74 Å². The Balaban J connectivity index is 2.60. The second kappa shape index (κ2) is 4.65. The Labute approximate surface area is 97.0 Å². The lowest BCUT2D eigenvalue weighted by Gasteiger charge is -2.07. The predicted molar refractivity (Wildman–Crippen MR) is 60.1 cm³/mol. The summed E-state index contributed by atoms with van der Waals surface area (Å²) in [6.07, 6.45) is 0. The molecular weight excluding hydrogens is 223 g/mol. The van der Waals surface area contributed by atoms with E-state index in [9.17, 15) is 14.4 Å². The van der Waals surface area contributed by atoms with Crippen molar-refractivity contribution in [3.63, 3.8) is 0 Å². The van der Waals surface area contributed by atoms with Gasteiger partial charge in [0.1, 0.15) is 5.75 Å². The number of aromatic hydroxyl groups is 1. The molecule has 2 rings (SSSR count). The summed E-state index contributed by atoms with van der Waals surface area (Å²) in [5.41, 5.74) is 0.943. The lowest BCUT2D eigenvalue weighted by atomic mass is 9.99. The average molecular weight is 232 g/mol. The monoisotopic (exact) mass is 232 g/mol. The molecule has 2 aromatic carbocycles. The van der Waals surface area contributed by atoms with Crippen molar-refractivity contribution >= 4 is 5.97 Å². The molecule has 3 nitrogen and oxygen atoms in total. The number of rotatable bonds is 2. The van der Waals surface area contributed by atoms with E-state index in [1.54, 1.807) is 36.4 Å². The lowest BCUT2D eigenvalue weighted by Crippen LogP contribution is -2.01. The van der Waals surface area contributed by atoms with E-state index < -0.39 is 5.97 Å². The Morgan fingerprint density at radius 3 is 2.24 bits per heavy atom. The van der Waals surface area contributed by atoms with Gasteiger partial charge in [0.2, 0.25) is 0 Å². The van der Waals surface area contributed by atoms with Gasteiger partial charge in [-0.05, 0) is 17.7 Å². The zero-order valence-corrected chi connectivity index (χ0v) is 8.76. The van der Waals surface area contributed by atoms with E-state index in [2.05, 4.69) is 4.94 Å². The smallest absolute Gasteiger partial charge is 0.380 e. The summed E-state index contributed by atoms with van der Waals surface area (Å²) >= 11 is 0. The van der Waals surface area contributed by atoms with Gasteiger partial charge in [0.15, 0.2) is 0 Å². The van der Waals surface area contributed by atoms with Gasteiger partial charge in [-0.2, -0.15) is 0 Å². The molecule has 17 heavy (non-hydrogen) atoms. The number of phenols is 1. The van der Waals surface area contributed by atoms with Crippen LogP contribution in [0.4, 0.5) is 4.53 Å². The molecule has 0 bridgehead atoms. The summed E-state index contributed by atoms with van der Waals surface area (Å²) in [7, 11) is 0. The van der Waals surface area contributed by atoms with Crippen LogP contribution in [0.2, 0.25) is 0 Å². The summed E-state index contributed by atoms with van der Waals surface area (Å²) in [6.45, 7) is 0. The van der Waals surface area contributed by atoms with Crippen LogP contribution in [0, 0.1) is 0 Å². The van der Waals surface area contributed by atoms with Crippen LogP contribution in [0.25, 0.3) is 11.1 Å². The van der Waals surface area contributed by atoms with Crippen LogP contribution in [0.15, 0.2) is 48.5 Å². The largest absolute Gasteiger partial charge is 0.507 e. The van der Waals surface area contributed by atoms with Crippen molar-refractivity contribution in [3.8, 4) is 16.9 Å². The van der Waals surface area contributed by atoms with E-state index >= 15 is 0 Å². The van der Waals surface area contributed by atoms with Gasteiger partial charge < -0.3 is 5.11 Å². The first-order chi connectivity index (χ1) is 8.24. The normalized spacial score (nSPS) is 9.94. The van der Waals surface area contributed by atoms with E-state index in [1.165, 1.54) is 12.1 Å². The molecular formula is C13H9FO3. The summed E-state index contributed by atoms with van der Waals surface area (Å²) in [5.74, 6) is -1.06. The minimum atomic E-state index is -1.08. The fourth-order valence-corrected chi connectivity index (χ4v) is 1.64. The molecule has 86 valence electrons. The number of carbonyl (C=O) groups excluding carboxylic acids is 1. The van der Waals surface area contributed by atoms with Crippen LogP contribution >= 0.6 is 0 Å². The van der Waals surface area contributed by atoms with E-state index in [0.29, 0.717) is 11.1 Å². The Bertz CT molecular complexity index is 552. The van der Waals surface area contributed by atoms with Gasteiger partial charge in [-0.1, -0.05) is 36.4 Å². The molecule has 1 N–H and O–H groups in total. The van der Waals surface area contributed by atoms with E-state index in [1.807, 2.05) is 0 Å². The fourth-order valence-electron chi connectivity index (χ4n) is 1.64. The second-order valence-electron chi connectivity index (χ2n) is 3.43. The van der Waals surface area contributed by atoms with Gasteiger partial charge in [-0.3, -0.25) is 0 Å². The van der Waals surface area contributed by atoms with Crippen molar-refractivity contribution in [2.75, 3.05) is 0 Å². The maximum absolute atomic E-state index is 12.0. The lowest BCUT2D eigenvalue weighted by molar-refractivity contribution is -0.0787. The van der Waals surface area contributed by atoms with Crippen molar-refractivity contribution in [2.24, 2.45) is 0 Å². The minimum Gasteiger partial charge on any atom is -0.507 e. The Hall–Kier alpha value is -2.36. The van der Waals surface area contributed by atoms with Crippen molar-refractivity contribution in [3.05, 3.63) is 54.1 Å². The maximum atomic E-state index is 12.0.